The maximum atomic E-state index is 14.2. The number of carbonyl (C=O) groups excluding carboxylic acids is 3. The number of aromatic nitrogens is 1. The van der Waals surface area contributed by atoms with Crippen molar-refractivity contribution in [1.82, 2.24) is 20.1 Å². The Morgan fingerprint density at radius 1 is 1.08 bits per heavy atom. The number of nitrogens with two attached hydrogens (primary N) is 1. The Bertz CT molecular complexity index is 1170. The molecular formula is C26H30F2N6O4. The van der Waals surface area contributed by atoms with Gasteiger partial charge >= 0.3 is 0 Å². The lowest BCUT2D eigenvalue weighted by molar-refractivity contribution is -0.139. The van der Waals surface area contributed by atoms with Crippen LogP contribution in [0.4, 0.5) is 8.78 Å². The Morgan fingerprint density at radius 3 is 2.26 bits per heavy atom. The van der Waals surface area contributed by atoms with Crippen molar-refractivity contribution in [3.8, 4) is 11.8 Å². The first-order valence-corrected chi connectivity index (χ1v) is 12.1. The van der Waals surface area contributed by atoms with Crippen molar-refractivity contribution < 1.29 is 27.9 Å². The van der Waals surface area contributed by atoms with E-state index in [0.717, 1.165) is 29.9 Å². The van der Waals surface area contributed by atoms with E-state index in [1.54, 1.807) is 36.3 Å². The van der Waals surface area contributed by atoms with Crippen LogP contribution in [0.1, 0.15) is 46.4 Å². The van der Waals surface area contributed by atoms with Gasteiger partial charge in [0.2, 0.25) is 11.8 Å². The first-order valence-electron chi connectivity index (χ1n) is 12.1. The number of halogens is 2. The van der Waals surface area contributed by atoms with E-state index in [1.165, 1.54) is 24.5 Å². The van der Waals surface area contributed by atoms with Gasteiger partial charge in [-0.25, -0.2) is 8.78 Å². The summed E-state index contributed by atoms with van der Waals surface area (Å²) in [5.41, 5.74) is 4.16. The van der Waals surface area contributed by atoms with Crippen molar-refractivity contribution in [3.63, 3.8) is 0 Å². The van der Waals surface area contributed by atoms with Gasteiger partial charge in [0.05, 0.1) is 26.6 Å². The number of primary amides is 1. The van der Waals surface area contributed by atoms with Crippen LogP contribution in [0.5, 0.6) is 5.75 Å². The van der Waals surface area contributed by atoms with Gasteiger partial charge in [-0.3, -0.25) is 24.3 Å². The average Bonchev–Trinajstić information content (AvgIpc) is 3.24. The van der Waals surface area contributed by atoms with E-state index in [-0.39, 0.29) is 0 Å². The first-order chi connectivity index (χ1) is 18.1. The quantitative estimate of drug-likeness (QED) is 0.585. The normalized spacial score (nSPS) is 20.4. The Morgan fingerprint density at radius 2 is 1.71 bits per heavy atom. The molecule has 3 amide bonds. The molecule has 3 N–H and O–H groups in total. The van der Waals surface area contributed by atoms with Gasteiger partial charge in [0.15, 0.2) is 5.66 Å². The van der Waals surface area contributed by atoms with Crippen LogP contribution in [0, 0.1) is 11.3 Å². The Kier molecular flexibility index (Phi) is 9.30. The van der Waals surface area contributed by atoms with Crippen LogP contribution in [0.25, 0.3) is 0 Å². The van der Waals surface area contributed by atoms with Crippen molar-refractivity contribution >= 4 is 17.7 Å². The summed E-state index contributed by atoms with van der Waals surface area (Å²) in [4.78, 5) is 41.8. The van der Waals surface area contributed by atoms with E-state index in [2.05, 4.69) is 10.3 Å². The fourth-order valence-corrected chi connectivity index (χ4v) is 4.50. The highest BCUT2D eigenvalue weighted by molar-refractivity contribution is 5.96. The summed E-state index contributed by atoms with van der Waals surface area (Å²) in [6.45, 7) is -0.275. The number of hydrogen-bond acceptors (Lipinski definition) is 7. The van der Waals surface area contributed by atoms with Gasteiger partial charge in [-0.2, -0.15) is 5.26 Å². The predicted octanol–water partition coefficient (Wildman–Crippen LogP) is 2.18. The molecule has 12 heteroatoms. The highest BCUT2D eigenvalue weighted by atomic mass is 19.3. The third-order valence-corrected chi connectivity index (χ3v) is 6.42. The molecule has 0 aliphatic carbocycles. The number of nitriles is 1. The summed E-state index contributed by atoms with van der Waals surface area (Å²) in [6, 6.07) is 11.6. The van der Waals surface area contributed by atoms with Gasteiger partial charge in [0.1, 0.15) is 11.8 Å². The molecule has 0 bridgehead atoms. The van der Waals surface area contributed by atoms with E-state index in [0.29, 0.717) is 24.2 Å². The number of hydrogen-bond donors (Lipinski definition) is 2. The van der Waals surface area contributed by atoms with Crippen molar-refractivity contribution in [1.29, 1.82) is 5.26 Å². The van der Waals surface area contributed by atoms with Crippen LogP contribution >= 0.6 is 0 Å². The van der Waals surface area contributed by atoms with E-state index in [9.17, 15) is 28.4 Å². The zero-order valence-electron chi connectivity index (χ0n) is 21.0. The molecule has 2 aliphatic heterocycles. The minimum Gasteiger partial charge on any atom is -0.497 e. The molecule has 1 aromatic heterocycles. The lowest BCUT2D eigenvalue weighted by Gasteiger charge is -2.43. The van der Waals surface area contributed by atoms with Crippen molar-refractivity contribution in [2.24, 2.45) is 5.73 Å². The van der Waals surface area contributed by atoms with Gasteiger partial charge < -0.3 is 20.7 Å². The Labute approximate surface area is 219 Å². The van der Waals surface area contributed by atoms with Gasteiger partial charge in [-0.05, 0) is 49.2 Å². The number of methoxy groups -OCH3 is 1. The van der Waals surface area contributed by atoms with Crippen molar-refractivity contribution in [3.05, 3.63) is 59.9 Å². The molecule has 38 heavy (non-hydrogen) atoms. The summed E-state index contributed by atoms with van der Waals surface area (Å²) in [5.74, 6) is -4.04. The summed E-state index contributed by atoms with van der Waals surface area (Å²) < 4.78 is 33.3. The number of alkyl halides is 2. The summed E-state index contributed by atoms with van der Waals surface area (Å²) in [6.07, 6.45) is 4.75. The van der Waals surface area contributed by atoms with Gasteiger partial charge in [-0.15, -0.1) is 0 Å². The SMILES string of the molecule is COc1ccc(C(N)=O)cc1.N#CC1(N2CCCCC2)CC(F)(F)CN1C(=O)CNC(=O)c1ccncc1. The molecule has 1 atom stereocenters. The number of pyridine rings is 1. The second kappa shape index (κ2) is 12.4. The molecule has 4 rings (SSSR count). The fourth-order valence-electron chi connectivity index (χ4n) is 4.50. The molecule has 2 aliphatic rings. The largest absolute Gasteiger partial charge is 0.497 e. The van der Waals surface area contributed by atoms with Crippen LogP contribution in [0.15, 0.2) is 48.8 Å². The number of likely N-dealkylation sites (tertiary alicyclic amines) is 2. The molecule has 3 heterocycles. The van der Waals surface area contributed by atoms with Gasteiger partial charge in [0, 0.05) is 36.6 Å². The molecule has 0 spiro atoms. The summed E-state index contributed by atoms with van der Waals surface area (Å²) >= 11 is 0. The number of ether oxygens (including phenoxy) is 1. The maximum Gasteiger partial charge on any atom is 0.270 e. The number of carbonyl (C=O) groups is 3. The molecule has 2 saturated heterocycles. The molecule has 0 radical (unpaired) electrons. The lowest BCUT2D eigenvalue weighted by Crippen LogP contribution is -2.60. The van der Waals surface area contributed by atoms with E-state index >= 15 is 0 Å². The molecule has 0 saturated carbocycles. The molecular weight excluding hydrogens is 498 g/mol. The smallest absolute Gasteiger partial charge is 0.270 e. The third-order valence-electron chi connectivity index (χ3n) is 6.42. The number of piperidine rings is 1. The minimum atomic E-state index is -3.14. The second-order valence-corrected chi connectivity index (χ2v) is 9.00. The number of nitrogens with one attached hydrogen (secondary N) is 1. The highest BCUT2D eigenvalue weighted by Gasteiger charge is 2.60. The Hall–Kier alpha value is -4.11. The second-order valence-electron chi connectivity index (χ2n) is 9.00. The minimum absolute atomic E-state index is 0.312. The highest BCUT2D eigenvalue weighted by Crippen LogP contribution is 2.42. The number of amides is 3. The zero-order chi connectivity index (χ0) is 27.8. The lowest BCUT2D eigenvalue weighted by atomic mass is 10.0. The molecule has 202 valence electrons. The molecule has 2 aromatic rings. The van der Waals surface area contributed by atoms with E-state index in [1.807, 2.05) is 6.07 Å². The van der Waals surface area contributed by atoms with Crippen LogP contribution in [-0.2, 0) is 4.79 Å². The topological polar surface area (TPSA) is 142 Å². The average molecular weight is 529 g/mol. The van der Waals surface area contributed by atoms with Gasteiger partial charge in [-0.1, -0.05) is 6.42 Å². The van der Waals surface area contributed by atoms with Crippen LogP contribution < -0.4 is 15.8 Å². The van der Waals surface area contributed by atoms with E-state index in [4.69, 9.17) is 10.5 Å². The van der Waals surface area contributed by atoms with Gasteiger partial charge in [0.25, 0.3) is 11.8 Å². The van der Waals surface area contributed by atoms with Crippen LogP contribution in [-0.4, -0.2) is 77.4 Å². The fraction of sp³-hybridized carbons (Fsp3) is 0.423. The molecule has 1 aromatic carbocycles. The molecule has 1 unspecified atom stereocenters. The predicted molar refractivity (Wildman–Crippen MR) is 133 cm³/mol. The maximum absolute atomic E-state index is 14.2. The summed E-state index contributed by atoms with van der Waals surface area (Å²) in [7, 11) is 1.57. The number of rotatable bonds is 6. The van der Waals surface area contributed by atoms with Crippen LogP contribution in [0.3, 0.4) is 0 Å². The third kappa shape index (κ3) is 6.80. The Balaban J connectivity index is 0.000000304. The molecule has 10 nitrogen and oxygen atoms in total. The number of nitrogens with zero attached hydrogens (tertiary/aromatic N) is 4. The van der Waals surface area contributed by atoms with E-state index < -0.39 is 48.8 Å². The summed E-state index contributed by atoms with van der Waals surface area (Å²) in [5, 5.41) is 12.2. The molecule has 2 fully saturated rings. The van der Waals surface area contributed by atoms with Crippen LogP contribution in [0.2, 0.25) is 0 Å². The van der Waals surface area contributed by atoms with Crippen molar-refractivity contribution in [2.45, 2.75) is 37.3 Å². The number of benzene rings is 1. The first kappa shape index (κ1) is 28.5. The standard InChI is InChI=1S/C18H21F2N5O2.C8H9NO2/c19-17(20)11-18(12-21,24-8-2-1-3-9-24)25(13-17)15(26)10-23-16(27)14-4-6-22-7-5-14;1-11-7-4-2-6(3-5-7)8(9)10/h4-7H,1-3,8-11,13H2,(H,23,27);2-5H,1H3,(H2,9,10). The zero-order valence-corrected chi connectivity index (χ0v) is 21.0. The van der Waals surface area contributed by atoms with Crippen molar-refractivity contribution in [2.75, 3.05) is 33.3 Å². The monoisotopic (exact) mass is 528 g/mol.